The van der Waals surface area contributed by atoms with Gasteiger partial charge in [-0.2, -0.15) is 0 Å². The lowest BCUT2D eigenvalue weighted by molar-refractivity contribution is -0.161. The number of phosphoric ester groups is 2. The largest absolute Gasteiger partial charge is 0.472 e. The standard InChI is InChI=1S/C89H148O16P2/c1-4-7-10-13-16-19-22-25-28-31-34-36-38-40-41-43-45-46-49-51-54-57-60-63-66-69-72-75-87(92)99-78-84(90)79-101-106(95,96)102-80-85(91)81-103-107(97,98)104-83-86(105-89(94)77-74-71-68-65-62-59-56-53-48-33-30-27-24-21-18-15-12-9-6-3)82-100-88(93)76-73-70-67-64-61-58-55-52-50-47-44-42-39-37-35-32-29-26-23-20-17-14-11-8-5-2/h9,12,16-21,25-30,34-37,40-42,44,48,53,59,62,68,71,84-86,90-91H,4-8,10-11,13-15,22-24,31-33,38-39,43,45-47,49-52,54-58,60-61,63-67,69-70,72-83H2,1-3H3,(H,95,96)(H,97,98)/b12-9-,19-16-,20-17-,21-18-,28-25-,29-26-,30-27-,36-34-,37-35-,41-40-,44-42-,53-48-,62-59-,71-68-. The van der Waals surface area contributed by atoms with Gasteiger partial charge in [0, 0.05) is 19.3 Å². The summed E-state index contributed by atoms with van der Waals surface area (Å²) >= 11 is 0. The van der Waals surface area contributed by atoms with E-state index in [1.807, 2.05) is 18.2 Å². The third-order valence-electron chi connectivity index (χ3n) is 16.9. The van der Waals surface area contributed by atoms with Gasteiger partial charge in [0.15, 0.2) is 6.10 Å². The minimum absolute atomic E-state index is 0.0278. The molecule has 0 aliphatic rings. The van der Waals surface area contributed by atoms with Crippen molar-refractivity contribution in [3.8, 4) is 0 Å². The summed E-state index contributed by atoms with van der Waals surface area (Å²) in [6.45, 7) is 2.41. The van der Waals surface area contributed by atoms with Crippen LogP contribution in [-0.2, 0) is 55.8 Å². The number of carbonyl (C=O) groups excluding carboxylic acids is 3. The molecule has 0 aliphatic carbocycles. The second kappa shape index (κ2) is 80.4. The Kier molecular flexibility index (Phi) is 76.6. The molecule has 0 saturated carbocycles. The molecule has 18 heteroatoms. The van der Waals surface area contributed by atoms with E-state index in [0.29, 0.717) is 25.7 Å². The number of unbranched alkanes of at least 4 members (excludes halogenated alkanes) is 26. The Bertz CT molecular complexity index is 2620. The molecule has 0 radical (unpaired) electrons. The molecule has 107 heavy (non-hydrogen) atoms. The molecule has 4 N–H and O–H groups in total. The van der Waals surface area contributed by atoms with E-state index in [-0.39, 0.29) is 19.3 Å². The van der Waals surface area contributed by atoms with E-state index in [2.05, 4.69) is 173 Å². The van der Waals surface area contributed by atoms with Gasteiger partial charge in [-0.1, -0.05) is 319 Å². The summed E-state index contributed by atoms with van der Waals surface area (Å²) in [5.74, 6) is -1.69. The van der Waals surface area contributed by atoms with Crippen molar-refractivity contribution in [2.45, 2.75) is 334 Å². The smallest absolute Gasteiger partial charge is 0.463 e. The summed E-state index contributed by atoms with van der Waals surface area (Å²) < 4.78 is 61.2. The van der Waals surface area contributed by atoms with Crippen LogP contribution in [0.25, 0.3) is 0 Å². The first-order chi connectivity index (χ1) is 52.2. The minimum Gasteiger partial charge on any atom is -0.463 e. The number of aliphatic hydroxyl groups is 2. The van der Waals surface area contributed by atoms with Crippen LogP contribution in [0, 0.1) is 0 Å². The van der Waals surface area contributed by atoms with Gasteiger partial charge >= 0.3 is 33.6 Å². The number of hydrogen-bond donors (Lipinski definition) is 4. The van der Waals surface area contributed by atoms with Crippen LogP contribution in [0.3, 0.4) is 0 Å². The maximum atomic E-state index is 13.0. The van der Waals surface area contributed by atoms with E-state index in [4.69, 9.17) is 32.3 Å². The van der Waals surface area contributed by atoms with Gasteiger partial charge in [-0.15, -0.1) is 0 Å². The quantitative estimate of drug-likeness (QED) is 0.0146. The molecule has 0 aromatic carbocycles. The van der Waals surface area contributed by atoms with Crippen molar-refractivity contribution in [3.05, 3.63) is 170 Å². The molecule has 0 saturated heterocycles. The van der Waals surface area contributed by atoms with Crippen LogP contribution in [0.5, 0.6) is 0 Å². The van der Waals surface area contributed by atoms with Crippen LogP contribution in [0.1, 0.15) is 316 Å². The van der Waals surface area contributed by atoms with E-state index >= 15 is 0 Å². The molecule has 0 aliphatic heterocycles. The summed E-state index contributed by atoms with van der Waals surface area (Å²) in [6, 6.07) is 0. The van der Waals surface area contributed by atoms with Gasteiger partial charge in [0.05, 0.1) is 26.4 Å². The number of ether oxygens (including phenoxy) is 3. The molecule has 0 bridgehead atoms. The molecule has 16 nitrogen and oxygen atoms in total. The average molecular weight is 1540 g/mol. The minimum atomic E-state index is -4.96. The number of aliphatic hydroxyl groups excluding tert-OH is 2. The van der Waals surface area contributed by atoms with Crippen LogP contribution < -0.4 is 0 Å². The molecule has 0 fully saturated rings. The third kappa shape index (κ3) is 81.7. The van der Waals surface area contributed by atoms with Crippen molar-refractivity contribution in [1.29, 1.82) is 0 Å². The van der Waals surface area contributed by atoms with Crippen LogP contribution in [0.15, 0.2) is 170 Å². The molecular weight excluding hydrogens is 1390 g/mol. The predicted molar refractivity (Wildman–Crippen MR) is 445 cm³/mol. The highest BCUT2D eigenvalue weighted by atomic mass is 31.2. The first kappa shape index (κ1) is 102. The Morgan fingerprint density at radius 1 is 0.271 bits per heavy atom. The lowest BCUT2D eigenvalue weighted by atomic mass is 10.0. The van der Waals surface area contributed by atoms with E-state index in [1.165, 1.54) is 122 Å². The van der Waals surface area contributed by atoms with E-state index in [9.17, 15) is 43.5 Å². The van der Waals surface area contributed by atoms with Gasteiger partial charge in [0.2, 0.25) is 0 Å². The van der Waals surface area contributed by atoms with Crippen molar-refractivity contribution >= 4 is 33.6 Å². The predicted octanol–water partition coefficient (Wildman–Crippen LogP) is 24.8. The number of allylic oxidation sites excluding steroid dienone is 28. The van der Waals surface area contributed by atoms with Crippen LogP contribution in [0.2, 0.25) is 0 Å². The SMILES string of the molecule is CC/C=C\C/C=C\C/C=C\C/C=C\C/C=C\C/C=C\CCC(=O)OC(COC(=O)CCCCCCCCCCC/C=C\C/C=C\C/C=C\C/C=C\CCCCC)COP(=O)(O)OCC(O)COP(=O)(O)OCC(O)COC(=O)CCCCCCCCCCCCC/C=C\C/C=C\C/C=C\C/C=C\CCCCC. The van der Waals surface area contributed by atoms with Gasteiger partial charge in [0.25, 0.3) is 0 Å². The fourth-order valence-corrected chi connectivity index (χ4v) is 12.2. The number of phosphoric acid groups is 2. The number of carbonyl (C=O) groups is 3. The second-order valence-electron chi connectivity index (χ2n) is 27.2. The summed E-state index contributed by atoms with van der Waals surface area (Å²) in [5, 5.41) is 20.7. The fourth-order valence-electron chi connectivity index (χ4n) is 10.6. The molecule has 5 atom stereocenters. The molecule has 0 aromatic rings. The van der Waals surface area contributed by atoms with Crippen LogP contribution in [0.4, 0.5) is 0 Å². The molecule has 0 spiro atoms. The Hall–Kier alpha value is -5.09. The molecular formula is C89H148O16P2. The zero-order chi connectivity index (χ0) is 78.0. The zero-order valence-corrected chi connectivity index (χ0v) is 68.5. The summed E-state index contributed by atoms with van der Waals surface area (Å²) in [7, 11) is -9.83. The van der Waals surface area contributed by atoms with Gasteiger partial charge in [-0.05, 0) is 148 Å². The highest BCUT2D eigenvalue weighted by molar-refractivity contribution is 7.47. The van der Waals surface area contributed by atoms with Crippen molar-refractivity contribution in [1.82, 2.24) is 0 Å². The zero-order valence-electron chi connectivity index (χ0n) is 66.7. The van der Waals surface area contributed by atoms with Crippen LogP contribution >= 0.6 is 15.6 Å². The van der Waals surface area contributed by atoms with Gasteiger partial charge in [0.1, 0.15) is 25.4 Å². The van der Waals surface area contributed by atoms with Crippen LogP contribution in [-0.4, -0.2) is 95.9 Å². The Labute approximate surface area is 650 Å². The summed E-state index contributed by atoms with van der Waals surface area (Å²) in [6.07, 6.45) is 103. The molecule has 0 rings (SSSR count). The van der Waals surface area contributed by atoms with Crippen molar-refractivity contribution < 1.29 is 75.8 Å². The third-order valence-corrected chi connectivity index (χ3v) is 18.8. The Balaban J connectivity index is 4.69. The van der Waals surface area contributed by atoms with E-state index in [0.717, 1.165) is 128 Å². The Morgan fingerprint density at radius 3 is 0.822 bits per heavy atom. The highest BCUT2D eigenvalue weighted by Gasteiger charge is 2.29. The van der Waals surface area contributed by atoms with E-state index in [1.54, 1.807) is 0 Å². The molecule has 0 aromatic heterocycles. The summed E-state index contributed by atoms with van der Waals surface area (Å²) in [4.78, 5) is 58.7. The van der Waals surface area contributed by atoms with Crippen molar-refractivity contribution in [2.75, 3.05) is 39.6 Å². The molecule has 0 heterocycles. The number of rotatable bonds is 77. The van der Waals surface area contributed by atoms with E-state index < -0.39 is 91.5 Å². The number of esters is 3. The number of hydrogen-bond acceptors (Lipinski definition) is 14. The normalized spacial score (nSPS) is 14.8. The summed E-state index contributed by atoms with van der Waals surface area (Å²) in [5.41, 5.74) is 0. The van der Waals surface area contributed by atoms with Gasteiger partial charge < -0.3 is 34.2 Å². The van der Waals surface area contributed by atoms with Crippen molar-refractivity contribution in [3.63, 3.8) is 0 Å². The molecule has 5 unspecified atom stereocenters. The topological polar surface area (TPSA) is 231 Å². The molecule has 610 valence electrons. The fraction of sp³-hybridized carbons (Fsp3) is 0.652. The maximum absolute atomic E-state index is 13.0. The highest BCUT2D eigenvalue weighted by Crippen LogP contribution is 2.45. The Morgan fingerprint density at radius 2 is 0.514 bits per heavy atom. The lowest BCUT2D eigenvalue weighted by Crippen LogP contribution is -2.29. The lowest BCUT2D eigenvalue weighted by Gasteiger charge is -2.21. The molecule has 0 amide bonds. The van der Waals surface area contributed by atoms with Gasteiger partial charge in [-0.25, -0.2) is 9.13 Å². The first-order valence-corrected chi connectivity index (χ1v) is 44.4. The monoisotopic (exact) mass is 1540 g/mol. The maximum Gasteiger partial charge on any atom is 0.472 e. The van der Waals surface area contributed by atoms with Crippen molar-refractivity contribution in [2.24, 2.45) is 0 Å². The second-order valence-corrected chi connectivity index (χ2v) is 30.1. The first-order valence-electron chi connectivity index (χ1n) is 41.4. The van der Waals surface area contributed by atoms with Gasteiger partial charge in [-0.3, -0.25) is 32.5 Å². The average Bonchev–Trinajstić information content (AvgIpc) is 0.942.